The molecule has 0 radical (unpaired) electrons. The normalized spacial score (nSPS) is 10.8. The summed E-state index contributed by atoms with van der Waals surface area (Å²) in [5, 5.41) is 0. The van der Waals surface area contributed by atoms with E-state index < -0.39 is 10.0 Å². The fourth-order valence-corrected chi connectivity index (χ4v) is 5.07. The van der Waals surface area contributed by atoms with Crippen LogP contribution in [-0.2, 0) is 21.2 Å². The summed E-state index contributed by atoms with van der Waals surface area (Å²) in [4.78, 5) is 13.1. The van der Waals surface area contributed by atoms with Crippen LogP contribution in [0.25, 0.3) is 0 Å². The summed E-state index contributed by atoms with van der Waals surface area (Å²) in [5.74, 6) is 1.01. The number of sulfonamides is 1. The van der Waals surface area contributed by atoms with Gasteiger partial charge in [0.2, 0.25) is 0 Å². The number of Topliss-reactive ketones (excluding diaryl/α,β-unsaturated/α-hetero) is 1. The van der Waals surface area contributed by atoms with Crippen LogP contribution < -0.4 is 18.5 Å². The molecule has 0 saturated carbocycles. The number of hydrogen-bond donors (Lipinski definition) is 0. The first-order valence-corrected chi connectivity index (χ1v) is 12.1. The molecule has 3 rings (SSSR count). The third-order valence-electron chi connectivity index (χ3n) is 5.41. The molecule has 0 atom stereocenters. The van der Waals surface area contributed by atoms with E-state index in [4.69, 9.17) is 14.2 Å². The molecule has 0 heterocycles. The van der Waals surface area contributed by atoms with Gasteiger partial charge in [-0.25, -0.2) is 8.42 Å². The van der Waals surface area contributed by atoms with Crippen LogP contribution in [0.3, 0.4) is 0 Å². The van der Waals surface area contributed by atoms with Crippen molar-refractivity contribution >= 4 is 21.5 Å². The van der Waals surface area contributed by atoms with E-state index in [1.165, 1.54) is 32.4 Å². The summed E-state index contributed by atoms with van der Waals surface area (Å²) >= 11 is 0. The monoisotopic (exact) mass is 499 g/mol. The molecule has 7 nitrogen and oxygen atoms in total. The van der Waals surface area contributed by atoms with E-state index in [0.29, 0.717) is 22.7 Å². The molecular formula is C27H33NO6S. The van der Waals surface area contributed by atoms with Gasteiger partial charge in [-0.05, 0) is 44.2 Å². The summed E-state index contributed by atoms with van der Waals surface area (Å²) < 4.78 is 44.4. The lowest BCUT2D eigenvalue weighted by Crippen LogP contribution is -2.36. The lowest BCUT2D eigenvalue weighted by Gasteiger charge is -2.25. The van der Waals surface area contributed by atoms with Gasteiger partial charge in [0.25, 0.3) is 10.0 Å². The Morgan fingerprint density at radius 1 is 0.771 bits per heavy atom. The van der Waals surface area contributed by atoms with Crippen LogP contribution in [0.5, 0.6) is 17.2 Å². The molecule has 35 heavy (non-hydrogen) atoms. The molecule has 0 aromatic heterocycles. The van der Waals surface area contributed by atoms with Crippen LogP contribution >= 0.6 is 0 Å². The zero-order valence-electron chi connectivity index (χ0n) is 20.0. The number of rotatable bonds is 10. The number of ketones is 1. The molecule has 0 fully saturated rings. The van der Waals surface area contributed by atoms with Crippen molar-refractivity contribution in [1.29, 1.82) is 0 Å². The van der Waals surface area contributed by atoms with Crippen LogP contribution in [0.1, 0.15) is 24.1 Å². The van der Waals surface area contributed by atoms with Crippen LogP contribution in [0.15, 0.2) is 65.6 Å². The van der Waals surface area contributed by atoms with Crippen molar-refractivity contribution in [3.63, 3.8) is 0 Å². The number of benzene rings is 3. The average molecular weight is 500 g/mol. The van der Waals surface area contributed by atoms with E-state index in [9.17, 15) is 13.2 Å². The quantitative estimate of drug-likeness (QED) is 0.392. The highest BCUT2D eigenvalue weighted by atomic mass is 32.2. The highest BCUT2D eigenvalue weighted by Gasteiger charge is 2.28. The molecule has 3 aromatic carbocycles. The van der Waals surface area contributed by atoms with E-state index in [1.807, 2.05) is 26.0 Å². The minimum absolute atomic E-state index is 0. The first-order chi connectivity index (χ1) is 16.2. The Morgan fingerprint density at radius 2 is 1.34 bits per heavy atom. The number of aryl methyl sites for hydroxylation is 2. The molecule has 0 saturated heterocycles. The third-order valence-corrected chi connectivity index (χ3v) is 7.18. The van der Waals surface area contributed by atoms with E-state index in [-0.39, 0.29) is 36.8 Å². The van der Waals surface area contributed by atoms with Gasteiger partial charge >= 0.3 is 0 Å². The van der Waals surface area contributed by atoms with Crippen LogP contribution in [-0.4, -0.2) is 42.1 Å². The third kappa shape index (κ3) is 6.33. The van der Waals surface area contributed by atoms with Gasteiger partial charge in [-0.1, -0.05) is 42.8 Å². The summed E-state index contributed by atoms with van der Waals surface area (Å²) in [6.07, 6.45) is 0.0364. The summed E-state index contributed by atoms with van der Waals surface area (Å²) in [6, 6.07) is 16.9. The minimum atomic E-state index is -4.09. The summed E-state index contributed by atoms with van der Waals surface area (Å²) in [7, 11) is 0.361. The number of carbonyl (C=O) groups is 1. The van der Waals surface area contributed by atoms with Crippen molar-refractivity contribution in [3.05, 3.63) is 77.4 Å². The van der Waals surface area contributed by atoms with Crippen molar-refractivity contribution in [1.82, 2.24) is 0 Å². The molecule has 0 aliphatic carbocycles. The number of nitrogens with zero attached hydrogens (tertiary/aromatic N) is 1. The molecule has 0 N–H and O–H groups in total. The zero-order chi connectivity index (χ0) is 24.9. The number of ether oxygens (including phenoxy) is 3. The molecule has 0 bridgehead atoms. The van der Waals surface area contributed by atoms with Gasteiger partial charge in [0.15, 0.2) is 17.3 Å². The second-order valence-corrected chi connectivity index (χ2v) is 9.76. The molecular weight excluding hydrogens is 466 g/mol. The van der Waals surface area contributed by atoms with Crippen molar-refractivity contribution in [3.8, 4) is 17.2 Å². The van der Waals surface area contributed by atoms with Crippen molar-refractivity contribution in [2.24, 2.45) is 0 Å². The van der Waals surface area contributed by atoms with Crippen molar-refractivity contribution in [2.75, 3.05) is 32.2 Å². The highest BCUT2D eigenvalue weighted by molar-refractivity contribution is 7.92. The molecule has 0 aliphatic rings. The molecule has 0 aliphatic heterocycles. The van der Waals surface area contributed by atoms with E-state index in [1.54, 1.807) is 37.4 Å². The van der Waals surface area contributed by atoms with E-state index >= 15 is 0 Å². The van der Waals surface area contributed by atoms with Gasteiger partial charge in [0.1, 0.15) is 5.75 Å². The topological polar surface area (TPSA) is 82.1 Å². The van der Waals surface area contributed by atoms with E-state index in [2.05, 4.69) is 0 Å². The van der Waals surface area contributed by atoms with Crippen molar-refractivity contribution < 1.29 is 27.4 Å². The second-order valence-electron chi connectivity index (χ2n) is 7.89. The van der Waals surface area contributed by atoms with Gasteiger partial charge in [-0.15, -0.1) is 0 Å². The van der Waals surface area contributed by atoms with Gasteiger partial charge in [0, 0.05) is 18.1 Å². The molecule has 0 unspecified atom stereocenters. The fourth-order valence-electron chi connectivity index (χ4n) is 3.60. The Morgan fingerprint density at radius 3 is 1.94 bits per heavy atom. The Balaban J connectivity index is 0.00000432. The van der Waals surface area contributed by atoms with Crippen molar-refractivity contribution in [2.45, 2.75) is 32.6 Å². The predicted octanol–water partition coefficient (Wildman–Crippen LogP) is 4.97. The Hall–Kier alpha value is -3.52. The Labute approximate surface area is 208 Å². The van der Waals surface area contributed by atoms with Crippen LogP contribution in [0.2, 0.25) is 0 Å². The Bertz CT molecular complexity index is 1270. The maximum atomic E-state index is 13.7. The van der Waals surface area contributed by atoms with Crippen LogP contribution in [0, 0.1) is 13.8 Å². The standard InChI is InChI=1S/C26H29NO6S.CH4/c1-18-6-9-21(10-7-18)27(17-22(28)15-20-14-19(2)8-12-24(20)31-3)34(29,30)23-11-13-25(32-4)26(16-23)33-5;/h6-14,16H,15,17H2,1-5H3;1H4. The maximum Gasteiger partial charge on any atom is 0.264 e. The largest absolute Gasteiger partial charge is 0.496 e. The van der Waals surface area contributed by atoms with Gasteiger partial charge in [0.05, 0.1) is 38.5 Å². The number of carbonyl (C=O) groups excluding carboxylic acids is 1. The maximum absolute atomic E-state index is 13.7. The zero-order valence-corrected chi connectivity index (χ0v) is 20.8. The summed E-state index contributed by atoms with van der Waals surface area (Å²) in [6.45, 7) is 3.50. The summed E-state index contributed by atoms with van der Waals surface area (Å²) in [5.41, 5.74) is 3.06. The molecule has 8 heteroatoms. The van der Waals surface area contributed by atoms with Crippen LogP contribution in [0.4, 0.5) is 5.69 Å². The first-order valence-electron chi connectivity index (χ1n) is 10.7. The smallest absolute Gasteiger partial charge is 0.264 e. The van der Waals surface area contributed by atoms with Gasteiger partial charge < -0.3 is 14.2 Å². The first kappa shape index (κ1) is 27.7. The lowest BCUT2D eigenvalue weighted by molar-refractivity contribution is -0.117. The highest BCUT2D eigenvalue weighted by Crippen LogP contribution is 2.32. The Kier molecular flexibility index (Phi) is 9.31. The molecule has 0 amide bonds. The second kappa shape index (κ2) is 11.8. The predicted molar refractivity (Wildman–Crippen MR) is 138 cm³/mol. The number of hydrogen-bond acceptors (Lipinski definition) is 6. The minimum Gasteiger partial charge on any atom is -0.496 e. The molecule has 188 valence electrons. The number of anilines is 1. The fraction of sp³-hybridized carbons (Fsp3) is 0.296. The lowest BCUT2D eigenvalue weighted by atomic mass is 10.0. The van der Waals surface area contributed by atoms with Gasteiger partial charge in [-0.3, -0.25) is 9.10 Å². The molecule has 0 spiro atoms. The van der Waals surface area contributed by atoms with E-state index in [0.717, 1.165) is 15.4 Å². The molecule has 3 aromatic rings. The SMILES string of the molecule is C.COc1ccc(C)cc1CC(=O)CN(c1ccc(C)cc1)S(=O)(=O)c1ccc(OC)c(OC)c1. The average Bonchev–Trinajstić information content (AvgIpc) is 2.82. The van der Waals surface area contributed by atoms with Gasteiger partial charge in [-0.2, -0.15) is 0 Å². The number of methoxy groups -OCH3 is 3.